The lowest BCUT2D eigenvalue weighted by molar-refractivity contribution is 0.459. The van der Waals surface area contributed by atoms with Crippen LogP contribution in [0, 0.1) is 0 Å². The fraction of sp³-hybridized carbons (Fsp3) is 0.250. The van der Waals surface area contributed by atoms with Crippen molar-refractivity contribution >= 4 is 26.8 Å². The number of aryl methyl sites for hydroxylation is 1. The summed E-state index contributed by atoms with van der Waals surface area (Å²) in [5, 5.41) is 6.08. The zero-order valence-corrected chi connectivity index (χ0v) is 13.4. The van der Waals surface area contributed by atoms with Gasteiger partial charge in [0, 0.05) is 22.8 Å². The zero-order valence-electron chi connectivity index (χ0n) is 11.8. The van der Waals surface area contributed by atoms with Crippen LogP contribution in [-0.2, 0) is 11.9 Å². The van der Waals surface area contributed by atoms with Gasteiger partial charge in [-0.1, -0.05) is 41.1 Å². The van der Waals surface area contributed by atoms with E-state index in [9.17, 15) is 0 Å². The summed E-state index contributed by atoms with van der Waals surface area (Å²) in [5.41, 5.74) is 1.95. The summed E-state index contributed by atoms with van der Waals surface area (Å²) >= 11 is 3.50. The molecule has 0 aliphatic heterocycles. The van der Waals surface area contributed by atoms with Crippen molar-refractivity contribution in [1.29, 1.82) is 0 Å². The lowest BCUT2D eigenvalue weighted by Gasteiger charge is -2.08. The van der Waals surface area contributed by atoms with E-state index < -0.39 is 0 Å². The standard InChI is InChI=1S/C16H16BrN3O/c1-2-7-20-11-14(10-18-20)21-16-13(9-17)8-12-5-3-4-6-15(12)19-16/h3-6,8,10-11H,2,7,9H2,1H3. The first-order valence-electron chi connectivity index (χ1n) is 6.95. The topological polar surface area (TPSA) is 39.9 Å². The summed E-state index contributed by atoms with van der Waals surface area (Å²) in [4.78, 5) is 4.61. The molecule has 1 aromatic carbocycles. The van der Waals surface area contributed by atoms with Gasteiger partial charge in [-0.25, -0.2) is 4.98 Å². The third kappa shape index (κ3) is 3.08. The molecule has 0 unspecified atom stereocenters. The highest BCUT2D eigenvalue weighted by Crippen LogP contribution is 2.28. The Balaban J connectivity index is 1.94. The second-order valence-corrected chi connectivity index (χ2v) is 5.38. The number of fused-ring (bicyclic) bond motifs is 1. The van der Waals surface area contributed by atoms with E-state index in [-0.39, 0.29) is 0 Å². The molecule has 108 valence electrons. The van der Waals surface area contributed by atoms with Crippen LogP contribution < -0.4 is 4.74 Å². The molecule has 4 nitrogen and oxygen atoms in total. The first-order valence-corrected chi connectivity index (χ1v) is 8.07. The molecule has 0 amide bonds. The minimum absolute atomic E-state index is 0.627. The van der Waals surface area contributed by atoms with E-state index in [0.29, 0.717) is 17.0 Å². The van der Waals surface area contributed by atoms with Crippen LogP contribution in [0.5, 0.6) is 11.6 Å². The highest BCUT2D eigenvalue weighted by molar-refractivity contribution is 9.08. The largest absolute Gasteiger partial charge is 0.435 e. The number of halogens is 1. The van der Waals surface area contributed by atoms with Crippen molar-refractivity contribution < 1.29 is 4.74 Å². The summed E-state index contributed by atoms with van der Waals surface area (Å²) in [5.74, 6) is 1.34. The van der Waals surface area contributed by atoms with E-state index in [1.807, 2.05) is 29.1 Å². The van der Waals surface area contributed by atoms with E-state index in [1.54, 1.807) is 6.20 Å². The van der Waals surface area contributed by atoms with Crippen molar-refractivity contribution in [3.63, 3.8) is 0 Å². The molecule has 0 saturated carbocycles. The first kappa shape index (κ1) is 14.1. The molecule has 0 aliphatic carbocycles. The van der Waals surface area contributed by atoms with Gasteiger partial charge in [-0.3, -0.25) is 4.68 Å². The van der Waals surface area contributed by atoms with Gasteiger partial charge in [0.1, 0.15) is 0 Å². The minimum Gasteiger partial charge on any atom is -0.435 e. The molecular weight excluding hydrogens is 330 g/mol. The normalized spacial score (nSPS) is 11.0. The lowest BCUT2D eigenvalue weighted by atomic mass is 10.2. The fourth-order valence-electron chi connectivity index (χ4n) is 2.19. The number of rotatable bonds is 5. The number of aromatic nitrogens is 3. The Labute approximate surface area is 131 Å². The smallest absolute Gasteiger partial charge is 0.224 e. The molecule has 3 aromatic rings. The van der Waals surface area contributed by atoms with Crippen molar-refractivity contribution in [1.82, 2.24) is 14.8 Å². The SMILES string of the molecule is CCCn1cc(Oc2nc3ccccc3cc2CBr)cn1. The average Bonchev–Trinajstić information content (AvgIpc) is 2.94. The monoisotopic (exact) mass is 345 g/mol. The van der Waals surface area contributed by atoms with Gasteiger partial charge in [0.2, 0.25) is 5.88 Å². The first-order chi connectivity index (χ1) is 10.3. The van der Waals surface area contributed by atoms with Crippen molar-refractivity contribution in [3.05, 3.63) is 48.3 Å². The van der Waals surface area contributed by atoms with E-state index >= 15 is 0 Å². The Bertz CT molecular complexity index is 754. The summed E-state index contributed by atoms with van der Waals surface area (Å²) in [7, 11) is 0. The maximum absolute atomic E-state index is 5.91. The number of alkyl halides is 1. The predicted molar refractivity (Wildman–Crippen MR) is 87.0 cm³/mol. The van der Waals surface area contributed by atoms with E-state index in [4.69, 9.17) is 4.74 Å². The van der Waals surface area contributed by atoms with Crippen LogP contribution >= 0.6 is 15.9 Å². The molecule has 0 aliphatic rings. The highest BCUT2D eigenvalue weighted by Gasteiger charge is 2.09. The molecule has 0 bridgehead atoms. The Kier molecular flexibility index (Phi) is 4.20. The quantitative estimate of drug-likeness (QED) is 0.638. The van der Waals surface area contributed by atoms with Crippen molar-refractivity contribution in [2.24, 2.45) is 0 Å². The third-order valence-electron chi connectivity index (χ3n) is 3.18. The minimum atomic E-state index is 0.627. The second-order valence-electron chi connectivity index (χ2n) is 4.82. The molecule has 0 fully saturated rings. The number of hydrogen-bond donors (Lipinski definition) is 0. The lowest BCUT2D eigenvalue weighted by Crippen LogP contribution is -1.96. The van der Waals surface area contributed by atoms with Crippen LogP contribution in [0.3, 0.4) is 0 Å². The molecule has 21 heavy (non-hydrogen) atoms. The number of nitrogens with zero attached hydrogens (tertiary/aromatic N) is 3. The van der Waals surface area contributed by atoms with Crippen LogP contribution in [0.4, 0.5) is 0 Å². The number of para-hydroxylation sites is 1. The average molecular weight is 346 g/mol. The molecule has 2 aromatic heterocycles. The second kappa shape index (κ2) is 6.26. The maximum Gasteiger partial charge on any atom is 0.224 e. The van der Waals surface area contributed by atoms with Gasteiger partial charge in [0.25, 0.3) is 0 Å². The third-order valence-corrected chi connectivity index (χ3v) is 3.79. The molecule has 5 heteroatoms. The molecule has 0 spiro atoms. The molecule has 0 saturated heterocycles. The van der Waals surface area contributed by atoms with Gasteiger partial charge >= 0.3 is 0 Å². The van der Waals surface area contributed by atoms with Crippen molar-refractivity contribution in [3.8, 4) is 11.6 Å². The van der Waals surface area contributed by atoms with Gasteiger partial charge < -0.3 is 4.74 Å². The fourth-order valence-corrected chi connectivity index (χ4v) is 2.59. The Hall–Kier alpha value is -1.88. The summed E-state index contributed by atoms with van der Waals surface area (Å²) < 4.78 is 7.79. The van der Waals surface area contributed by atoms with E-state index in [0.717, 1.165) is 29.4 Å². The highest BCUT2D eigenvalue weighted by atomic mass is 79.9. The maximum atomic E-state index is 5.91. The molecule has 0 atom stereocenters. The van der Waals surface area contributed by atoms with Crippen LogP contribution in [-0.4, -0.2) is 14.8 Å². The number of benzene rings is 1. The zero-order chi connectivity index (χ0) is 14.7. The van der Waals surface area contributed by atoms with Gasteiger partial charge in [-0.15, -0.1) is 0 Å². The van der Waals surface area contributed by atoms with E-state index in [2.05, 4.69) is 45.1 Å². The summed E-state index contributed by atoms with van der Waals surface area (Å²) in [6.07, 6.45) is 4.67. The molecule has 0 radical (unpaired) electrons. The van der Waals surface area contributed by atoms with Crippen LogP contribution in [0.15, 0.2) is 42.7 Å². The Morgan fingerprint density at radius 3 is 2.95 bits per heavy atom. The van der Waals surface area contributed by atoms with Gasteiger partial charge in [-0.05, 0) is 18.6 Å². The van der Waals surface area contributed by atoms with Gasteiger partial charge in [0.15, 0.2) is 5.75 Å². The molecule has 3 rings (SSSR count). The number of ether oxygens (including phenoxy) is 1. The van der Waals surface area contributed by atoms with Crippen LogP contribution in [0.1, 0.15) is 18.9 Å². The summed E-state index contributed by atoms with van der Waals surface area (Å²) in [6, 6.07) is 10.1. The Morgan fingerprint density at radius 2 is 2.14 bits per heavy atom. The van der Waals surface area contributed by atoms with Gasteiger partial charge in [0.05, 0.1) is 17.9 Å². The Morgan fingerprint density at radius 1 is 1.29 bits per heavy atom. The number of pyridine rings is 1. The molecule has 2 heterocycles. The predicted octanol–water partition coefficient (Wildman–Crippen LogP) is 4.53. The van der Waals surface area contributed by atoms with Crippen molar-refractivity contribution in [2.45, 2.75) is 25.2 Å². The van der Waals surface area contributed by atoms with E-state index in [1.165, 1.54) is 0 Å². The molecule has 0 N–H and O–H groups in total. The van der Waals surface area contributed by atoms with Gasteiger partial charge in [-0.2, -0.15) is 5.10 Å². The van der Waals surface area contributed by atoms with Crippen molar-refractivity contribution in [2.75, 3.05) is 0 Å². The summed E-state index contributed by atoms with van der Waals surface area (Å²) in [6.45, 7) is 3.01. The van der Waals surface area contributed by atoms with Crippen LogP contribution in [0.25, 0.3) is 10.9 Å². The molecular formula is C16H16BrN3O. The number of hydrogen-bond acceptors (Lipinski definition) is 3. The van der Waals surface area contributed by atoms with Crippen LogP contribution in [0.2, 0.25) is 0 Å².